The van der Waals surface area contributed by atoms with E-state index in [0.717, 1.165) is 45.3 Å². The van der Waals surface area contributed by atoms with Gasteiger partial charge in [-0.05, 0) is 35.3 Å². The van der Waals surface area contributed by atoms with E-state index in [1.54, 1.807) is 4.68 Å². The number of carbonyl (C=O) groups is 1. The molecule has 26 heavy (non-hydrogen) atoms. The Balaban J connectivity index is 1.41. The first-order chi connectivity index (χ1) is 12.7. The molecule has 1 fully saturated rings. The van der Waals surface area contributed by atoms with Crippen LogP contribution < -0.4 is 10.6 Å². The third kappa shape index (κ3) is 5.26. The number of nitrogens with zero attached hydrogens (tertiary/aromatic N) is 5. The maximum atomic E-state index is 12.2. The summed E-state index contributed by atoms with van der Waals surface area (Å²) in [7, 11) is 0. The molecule has 2 heterocycles. The Kier molecular flexibility index (Phi) is 6.54. The minimum Gasteiger partial charge on any atom is -0.335 e. The van der Waals surface area contributed by atoms with Crippen molar-refractivity contribution >= 4 is 12.0 Å². The molecule has 1 aromatic carbocycles. The number of benzene rings is 1. The number of anilines is 1. The monoisotopic (exact) mass is 357 g/mol. The van der Waals surface area contributed by atoms with Crippen molar-refractivity contribution in [3.05, 3.63) is 35.9 Å². The van der Waals surface area contributed by atoms with Crippen molar-refractivity contribution in [2.75, 3.05) is 18.4 Å². The lowest BCUT2D eigenvalue weighted by Crippen LogP contribution is -2.45. The average molecular weight is 357 g/mol. The van der Waals surface area contributed by atoms with Crippen LogP contribution in [0.1, 0.15) is 38.2 Å². The largest absolute Gasteiger partial charge is 0.335 e. The molecule has 0 atom stereocenters. The van der Waals surface area contributed by atoms with E-state index in [0.29, 0.717) is 12.5 Å². The Hall–Kier alpha value is -2.48. The number of amides is 2. The summed E-state index contributed by atoms with van der Waals surface area (Å²) in [5, 5.41) is 17.2. The van der Waals surface area contributed by atoms with Crippen molar-refractivity contribution in [1.29, 1.82) is 0 Å². The second-order valence-electron chi connectivity index (χ2n) is 6.71. The lowest BCUT2D eigenvalue weighted by atomic mass is 10.0. The third-order valence-electron chi connectivity index (χ3n) is 4.65. The standard InChI is InChI=1S/C18H27N7O/c1-2-3-11-25-17(21-22-23-25)20-18(26)19-16-9-12-24(13-10-16)14-15-7-5-4-6-8-15/h4-8,16H,2-3,9-14H2,1H3,(H2,19,20,21,23,26). The van der Waals surface area contributed by atoms with Gasteiger partial charge in [-0.25, -0.2) is 9.48 Å². The van der Waals surface area contributed by atoms with Crippen LogP contribution in [-0.4, -0.2) is 50.3 Å². The Morgan fingerprint density at radius 3 is 2.73 bits per heavy atom. The highest BCUT2D eigenvalue weighted by Crippen LogP contribution is 2.14. The third-order valence-corrected chi connectivity index (χ3v) is 4.65. The highest BCUT2D eigenvalue weighted by atomic mass is 16.2. The minimum absolute atomic E-state index is 0.182. The van der Waals surface area contributed by atoms with Gasteiger partial charge in [-0.2, -0.15) is 0 Å². The fraction of sp³-hybridized carbons (Fsp3) is 0.556. The molecule has 0 bridgehead atoms. The zero-order valence-corrected chi connectivity index (χ0v) is 15.3. The average Bonchev–Trinajstić information content (AvgIpc) is 3.09. The first kappa shape index (κ1) is 18.3. The quantitative estimate of drug-likeness (QED) is 0.793. The number of unbranched alkanes of at least 4 members (excludes halogenated alkanes) is 1. The Bertz CT molecular complexity index is 680. The topological polar surface area (TPSA) is 88.0 Å². The summed E-state index contributed by atoms with van der Waals surface area (Å²) in [6.07, 6.45) is 3.91. The summed E-state index contributed by atoms with van der Waals surface area (Å²) in [5.74, 6) is 0.400. The van der Waals surface area contributed by atoms with Gasteiger partial charge in [0.2, 0.25) is 0 Å². The number of rotatable bonds is 7. The summed E-state index contributed by atoms with van der Waals surface area (Å²) >= 11 is 0. The zero-order chi connectivity index (χ0) is 18.2. The number of nitrogens with one attached hydrogen (secondary N) is 2. The molecule has 1 aromatic heterocycles. The van der Waals surface area contributed by atoms with Gasteiger partial charge in [0.1, 0.15) is 0 Å². The van der Waals surface area contributed by atoms with Gasteiger partial charge in [-0.1, -0.05) is 48.8 Å². The molecule has 1 aliphatic heterocycles. The maximum Gasteiger partial charge on any atom is 0.321 e. The Labute approximate surface area is 154 Å². The summed E-state index contributed by atoms with van der Waals surface area (Å²) in [4.78, 5) is 14.7. The first-order valence-electron chi connectivity index (χ1n) is 9.34. The number of carbonyl (C=O) groups excluding carboxylic acids is 1. The second kappa shape index (κ2) is 9.28. The molecule has 1 aliphatic rings. The number of urea groups is 1. The molecule has 3 rings (SSSR count). The number of tetrazole rings is 1. The maximum absolute atomic E-state index is 12.2. The summed E-state index contributed by atoms with van der Waals surface area (Å²) in [6, 6.07) is 10.4. The van der Waals surface area contributed by atoms with Crippen LogP contribution in [0, 0.1) is 0 Å². The van der Waals surface area contributed by atoms with Gasteiger partial charge in [-0.3, -0.25) is 10.2 Å². The highest BCUT2D eigenvalue weighted by Gasteiger charge is 2.21. The minimum atomic E-state index is -0.237. The number of hydrogen-bond acceptors (Lipinski definition) is 5. The molecule has 8 nitrogen and oxygen atoms in total. The SMILES string of the molecule is CCCCn1nnnc1NC(=O)NC1CCN(Cc2ccccc2)CC1. The molecule has 1 saturated heterocycles. The van der Waals surface area contributed by atoms with Crippen LogP contribution in [0.3, 0.4) is 0 Å². The molecule has 0 radical (unpaired) electrons. The van der Waals surface area contributed by atoms with E-state index < -0.39 is 0 Å². The van der Waals surface area contributed by atoms with Gasteiger partial charge in [-0.15, -0.1) is 0 Å². The van der Waals surface area contributed by atoms with Crippen LogP contribution in [0.2, 0.25) is 0 Å². The number of hydrogen-bond donors (Lipinski definition) is 2. The van der Waals surface area contributed by atoms with Gasteiger partial charge >= 0.3 is 6.03 Å². The normalized spacial score (nSPS) is 15.7. The summed E-state index contributed by atoms with van der Waals surface area (Å²) in [5.41, 5.74) is 1.33. The van der Waals surface area contributed by atoms with Gasteiger partial charge in [0.15, 0.2) is 0 Å². The first-order valence-corrected chi connectivity index (χ1v) is 9.34. The van der Waals surface area contributed by atoms with Crippen molar-refractivity contribution < 1.29 is 4.79 Å². The summed E-state index contributed by atoms with van der Waals surface area (Å²) < 4.78 is 1.63. The predicted octanol–water partition coefficient (Wildman–Crippen LogP) is 2.26. The Morgan fingerprint density at radius 1 is 1.23 bits per heavy atom. The molecule has 0 spiro atoms. The van der Waals surface area contributed by atoms with Crippen molar-refractivity contribution in [3.63, 3.8) is 0 Å². The molecule has 8 heteroatoms. The summed E-state index contributed by atoms with van der Waals surface area (Å²) in [6.45, 7) is 5.74. The molecular formula is C18H27N7O. The fourth-order valence-corrected chi connectivity index (χ4v) is 3.15. The number of aromatic nitrogens is 4. The Morgan fingerprint density at radius 2 is 2.00 bits per heavy atom. The van der Waals surface area contributed by atoms with Crippen molar-refractivity contribution in [2.45, 2.75) is 51.7 Å². The van der Waals surface area contributed by atoms with E-state index in [1.165, 1.54) is 5.56 Å². The molecule has 0 saturated carbocycles. The van der Waals surface area contributed by atoms with Crippen LogP contribution in [0.4, 0.5) is 10.7 Å². The number of aryl methyl sites for hydroxylation is 1. The second-order valence-corrected chi connectivity index (χ2v) is 6.71. The van der Waals surface area contributed by atoms with Crippen LogP contribution in [0.15, 0.2) is 30.3 Å². The van der Waals surface area contributed by atoms with Crippen LogP contribution in [-0.2, 0) is 13.1 Å². The van der Waals surface area contributed by atoms with Crippen LogP contribution in [0.25, 0.3) is 0 Å². The molecule has 140 valence electrons. The number of piperidine rings is 1. The van der Waals surface area contributed by atoms with Crippen molar-refractivity contribution in [1.82, 2.24) is 30.4 Å². The predicted molar refractivity (Wildman–Crippen MR) is 99.6 cm³/mol. The van der Waals surface area contributed by atoms with E-state index in [2.05, 4.69) is 62.2 Å². The van der Waals surface area contributed by atoms with Crippen LogP contribution in [0.5, 0.6) is 0 Å². The molecule has 0 unspecified atom stereocenters. The van der Waals surface area contributed by atoms with E-state index in [-0.39, 0.29) is 12.1 Å². The van der Waals surface area contributed by atoms with Gasteiger partial charge in [0, 0.05) is 32.2 Å². The molecule has 0 aliphatic carbocycles. The molecule has 2 amide bonds. The van der Waals surface area contributed by atoms with Crippen molar-refractivity contribution in [3.8, 4) is 0 Å². The fourth-order valence-electron chi connectivity index (χ4n) is 3.15. The molecule has 2 aromatic rings. The van der Waals surface area contributed by atoms with E-state index >= 15 is 0 Å². The van der Waals surface area contributed by atoms with E-state index in [4.69, 9.17) is 0 Å². The lowest BCUT2D eigenvalue weighted by molar-refractivity contribution is 0.190. The van der Waals surface area contributed by atoms with E-state index in [9.17, 15) is 4.79 Å². The molecular weight excluding hydrogens is 330 g/mol. The molecule has 2 N–H and O–H groups in total. The van der Waals surface area contributed by atoms with Gasteiger partial charge in [0.05, 0.1) is 0 Å². The lowest BCUT2D eigenvalue weighted by Gasteiger charge is -2.32. The number of likely N-dealkylation sites (tertiary alicyclic amines) is 1. The smallest absolute Gasteiger partial charge is 0.321 e. The van der Waals surface area contributed by atoms with Crippen LogP contribution >= 0.6 is 0 Å². The van der Waals surface area contributed by atoms with Gasteiger partial charge in [0.25, 0.3) is 5.95 Å². The van der Waals surface area contributed by atoms with Crippen molar-refractivity contribution in [2.24, 2.45) is 0 Å². The highest BCUT2D eigenvalue weighted by molar-refractivity contribution is 5.87. The van der Waals surface area contributed by atoms with Gasteiger partial charge < -0.3 is 5.32 Å². The van der Waals surface area contributed by atoms with E-state index in [1.807, 2.05) is 6.07 Å². The zero-order valence-electron chi connectivity index (χ0n) is 15.3.